The van der Waals surface area contributed by atoms with Crippen molar-refractivity contribution in [3.63, 3.8) is 0 Å². The molecule has 1 aliphatic heterocycles. The van der Waals surface area contributed by atoms with Gasteiger partial charge in [-0.15, -0.1) is 11.6 Å². The molecule has 1 fully saturated rings. The molecule has 0 bridgehead atoms. The summed E-state index contributed by atoms with van der Waals surface area (Å²) in [6.07, 6.45) is 0.910. The number of alkyl halides is 1. The van der Waals surface area contributed by atoms with Crippen LogP contribution in [0.5, 0.6) is 0 Å². The Kier molecular flexibility index (Phi) is 4.41. The van der Waals surface area contributed by atoms with Crippen LogP contribution in [0.1, 0.15) is 27.2 Å². The van der Waals surface area contributed by atoms with Crippen molar-refractivity contribution in [2.24, 2.45) is 5.41 Å². The van der Waals surface area contributed by atoms with Gasteiger partial charge in [-0.1, -0.05) is 6.92 Å². The molecule has 0 spiro atoms. The van der Waals surface area contributed by atoms with E-state index in [-0.39, 0.29) is 11.5 Å². The highest BCUT2D eigenvalue weighted by Crippen LogP contribution is 2.34. The topological polar surface area (TPSA) is 27.7 Å². The molecule has 0 aromatic rings. The summed E-state index contributed by atoms with van der Waals surface area (Å²) in [6.45, 7) is 7.26. The van der Waals surface area contributed by atoms with Crippen molar-refractivity contribution in [2.45, 2.75) is 39.1 Å². The van der Waals surface area contributed by atoms with Gasteiger partial charge in [0.1, 0.15) is 0 Å². The van der Waals surface area contributed by atoms with E-state index in [9.17, 15) is 0 Å². The molecule has 0 radical (unpaired) electrons. The molecule has 0 aliphatic carbocycles. The molecular weight excluding hydrogens is 216 g/mol. The lowest BCUT2D eigenvalue weighted by molar-refractivity contribution is -0.297. The van der Waals surface area contributed by atoms with Crippen molar-refractivity contribution in [1.82, 2.24) is 0 Å². The monoisotopic (exact) mass is 236 g/mol. The fraction of sp³-hybridized carbons (Fsp3) is 1.00. The lowest BCUT2D eigenvalue weighted by Crippen LogP contribution is -2.51. The van der Waals surface area contributed by atoms with E-state index in [2.05, 4.69) is 6.92 Å². The van der Waals surface area contributed by atoms with Gasteiger partial charge in [0.2, 0.25) is 0 Å². The minimum atomic E-state index is -0.473. The van der Waals surface area contributed by atoms with Gasteiger partial charge in [0.05, 0.1) is 19.3 Å². The van der Waals surface area contributed by atoms with Gasteiger partial charge >= 0.3 is 0 Å². The van der Waals surface area contributed by atoms with E-state index in [1.807, 2.05) is 13.8 Å². The molecule has 15 heavy (non-hydrogen) atoms. The molecule has 0 saturated carbocycles. The van der Waals surface area contributed by atoms with E-state index >= 15 is 0 Å². The zero-order chi connectivity index (χ0) is 11.5. The molecule has 0 amide bonds. The molecule has 90 valence electrons. The molecule has 0 N–H and O–H groups in total. The Balaban J connectivity index is 2.59. The molecule has 1 aliphatic rings. The average molecular weight is 237 g/mol. The Morgan fingerprint density at radius 3 is 2.20 bits per heavy atom. The first-order valence-electron chi connectivity index (χ1n) is 5.30. The van der Waals surface area contributed by atoms with Gasteiger partial charge in [-0.3, -0.25) is 0 Å². The van der Waals surface area contributed by atoms with Crippen LogP contribution in [0.4, 0.5) is 0 Å². The normalized spacial score (nSPS) is 26.2. The van der Waals surface area contributed by atoms with Crippen molar-refractivity contribution in [3.05, 3.63) is 0 Å². The molecule has 1 saturated heterocycles. The summed E-state index contributed by atoms with van der Waals surface area (Å²) >= 11 is 5.75. The van der Waals surface area contributed by atoms with Crippen LogP contribution >= 0.6 is 11.6 Å². The third kappa shape index (κ3) is 3.31. The van der Waals surface area contributed by atoms with E-state index in [0.717, 1.165) is 6.42 Å². The fourth-order valence-corrected chi connectivity index (χ4v) is 1.99. The minimum Gasteiger partial charge on any atom is -0.381 e. The second-order valence-corrected chi connectivity index (χ2v) is 5.21. The predicted molar refractivity (Wildman–Crippen MR) is 60.2 cm³/mol. The standard InChI is InChI=1S/C11H21ClO3/c1-10(2)14-7-11(3,8-15-10)9(13-4)5-6-12/h9H,5-8H2,1-4H3. The smallest absolute Gasteiger partial charge is 0.162 e. The zero-order valence-electron chi connectivity index (χ0n) is 10.0. The van der Waals surface area contributed by atoms with Gasteiger partial charge in [-0.05, 0) is 20.3 Å². The second kappa shape index (κ2) is 5.00. The van der Waals surface area contributed by atoms with E-state index in [4.69, 9.17) is 25.8 Å². The van der Waals surface area contributed by atoms with Crippen molar-refractivity contribution in [1.29, 1.82) is 0 Å². The lowest BCUT2D eigenvalue weighted by Gasteiger charge is -2.44. The van der Waals surface area contributed by atoms with Crippen LogP contribution in [0.2, 0.25) is 0 Å². The maximum absolute atomic E-state index is 5.75. The SMILES string of the molecule is COC(CCCl)C1(C)COC(C)(C)OC1. The van der Waals surface area contributed by atoms with Crippen LogP contribution in [0.25, 0.3) is 0 Å². The van der Waals surface area contributed by atoms with Crippen LogP contribution in [-0.4, -0.2) is 38.1 Å². The van der Waals surface area contributed by atoms with Crippen LogP contribution in [-0.2, 0) is 14.2 Å². The number of methoxy groups -OCH3 is 1. The summed E-state index contributed by atoms with van der Waals surface area (Å²) in [7, 11) is 1.71. The third-order valence-electron chi connectivity index (χ3n) is 2.93. The highest BCUT2D eigenvalue weighted by molar-refractivity contribution is 6.17. The summed E-state index contributed by atoms with van der Waals surface area (Å²) in [4.78, 5) is 0. The molecule has 0 aromatic carbocycles. The second-order valence-electron chi connectivity index (χ2n) is 4.83. The average Bonchev–Trinajstić information content (AvgIpc) is 2.19. The maximum Gasteiger partial charge on any atom is 0.162 e. The van der Waals surface area contributed by atoms with E-state index in [1.165, 1.54) is 0 Å². The molecule has 3 nitrogen and oxygen atoms in total. The van der Waals surface area contributed by atoms with Gasteiger partial charge < -0.3 is 14.2 Å². The Morgan fingerprint density at radius 1 is 1.27 bits per heavy atom. The first-order valence-corrected chi connectivity index (χ1v) is 5.84. The summed E-state index contributed by atoms with van der Waals surface area (Å²) in [5.41, 5.74) is -0.0981. The Bertz CT molecular complexity index is 196. The number of hydrogen-bond donors (Lipinski definition) is 0. The molecule has 4 heteroatoms. The molecule has 1 heterocycles. The van der Waals surface area contributed by atoms with Crippen LogP contribution < -0.4 is 0 Å². The van der Waals surface area contributed by atoms with Gasteiger partial charge in [-0.2, -0.15) is 0 Å². The van der Waals surface area contributed by atoms with Crippen LogP contribution in [0.3, 0.4) is 0 Å². The lowest BCUT2D eigenvalue weighted by atomic mass is 9.83. The largest absolute Gasteiger partial charge is 0.381 e. The zero-order valence-corrected chi connectivity index (χ0v) is 10.8. The first kappa shape index (κ1) is 13.2. The number of ether oxygens (including phenoxy) is 3. The maximum atomic E-state index is 5.75. The molecule has 1 rings (SSSR count). The number of hydrogen-bond acceptors (Lipinski definition) is 3. The Labute approximate surface area is 97.0 Å². The Hall–Kier alpha value is 0.170. The molecule has 1 unspecified atom stereocenters. The van der Waals surface area contributed by atoms with Gasteiger partial charge in [0.25, 0.3) is 0 Å². The quantitative estimate of drug-likeness (QED) is 0.702. The number of rotatable bonds is 4. The first-order chi connectivity index (χ1) is 6.93. The van der Waals surface area contributed by atoms with Gasteiger partial charge in [-0.25, -0.2) is 0 Å². The van der Waals surface area contributed by atoms with E-state index in [1.54, 1.807) is 7.11 Å². The van der Waals surface area contributed by atoms with Crippen molar-refractivity contribution < 1.29 is 14.2 Å². The molecular formula is C11H21ClO3. The highest BCUT2D eigenvalue weighted by Gasteiger charge is 2.42. The minimum absolute atomic E-state index is 0.0890. The summed E-state index contributed by atoms with van der Waals surface area (Å²) in [6, 6.07) is 0. The summed E-state index contributed by atoms with van der Waals surface area (Å²) in [5.74, 6) is 0.121. The highest BCUT2D eigenvalue weighted by atomic mass is 35.5. The van der Waals surface area contributed by atoms with Crippen LogP contribution in [0.15, 0.2) is 0 Å². The molecule has 1 atom stereocenters. The summed E-state index contributed by atoms with van der Waals surface area (Å²) in [5, 5.41) is 0. The van der Waals surface area contributed by atoms with E-state index < -0.39 is 5.79 Å². The van der Waals surface area contributed by atoms with Crippen molar-refractivity contribution in [3.8, 4) is 0 Å². The van der Waals surface area contributed by atoms with Crippen molar-refractivity contribution >= 4 is 11.6 Å². The number of halogens is 1. The fourth-order valence-electron chi connectivity index (χ4n) is 1.80. The van der Waals surface area contributed by atoms with Gasteiger partial charge in [0.15, 0.2) is 5.79 Å². The van der Waals surface area contributed by atoms with Crippen molar-refractivity contribution in [2.75, 3.05) is 26.2 Å². The van der Waals surface area contributed by atoms with Gasteiger partial charge in [0, 0.05) is 18.4 Å². The summed E-state index contributed by atoms with van der Waals surface area (Å²) < 4.78 is 16.8. The van der Waals surface area contributed by atoms with Crippen LogP contribution in [0, 0.1) is 5.41 Å². The third-order valence-corrected chi connectivity index (χ3v) is 3.15. The van der Waals surface area contributed by atoms with E-state index in [0.29, 0.717) is 19.1 Å². The predicted octanol–water partition coefficient (Wildman–Crippen LogP) is 2.42. The molecule has 0 aromatic heterocycles. The Morgan fingerprint density at radius 2 is 1.80 bits per heavy atom.